The lowest BCUT2D eigenvalue weighted by Crippen LogP contribution is -2.36. The van der Waals surface area contributed by atoms with Gasteiger partial charge in [-0.2, -0.15) is 8.78 Å². The predicted octanol–water partition coefficient (Wildman–Crippen LogP) is 3.01. The Hall–Kier alpha value is -3.56. The lowest BCUT2D eigenvalue weighted by molar-refractivity contribution is -0.117. The van der Waals surface area contributed by atoms with E-state index in [-0.39, 0.29) is 25.0 Å². The summed E-state index contributed by atoms with van der Waals surface area (Å²) in [5.41, 5.74) is 2.39. The Morgan fingerprint density at radius 1 is 1.16 bits per heavy atom. The van der Waals surface area contributed by atoms with Crippen LogP contribution in [0.5, 0.6) is 17.2 Å². The molecular weight excluding hydrogens is 422 g/mol. The SMILES string of the molecule is CN=C(NCc1ccc(N2CCCC2=O)cc1)NCc1cc2c(cc1OC(F)F)OCO2. The Morgan fingerprint density at radius 2 is 1.88 bits per heavy atom. The van der Waals surface area contributed by atoms with Gasteiger partial charge in [0.2, 0.25) is 12.7 Å². The van der Waals surface area contributed by atoms with Crippen LogP contribution in [-0.2, 0) is 17.9 Å². The highest BCUT2D eigenvalue weighted by atomic mass is 19.3. The highest BCUT2D eigenvalue weighted by molar-refractivity contribution is 5.95. The van der Waals surface area contributed by atoms with Gasteiger partial charge >= 0.3 is 6.61 Å². The first-order chi connectivity index (χ1) is 15.5. The van der Waals surface area contributed by atoms with Crippen LogP contribution in [0.25, 0.3) is 0 Å². The summed E-state index contributed by atoms with van der Waals surface area (Å²) >= 11 is 0. The van der Waals surface area contributed by atoms with Crippen LogP contribution in [0.3, 0.4) is 0 Å². The molecular formula is C22H24F2N4O4. The van der Waals surface area contributed by atoms with Crippen molar-refractivity contribution >= 4 is 17.6 Å². The van der Waals surface area contributed by atoms with Crippen molar-refractivity contribution in [1.29, 1.82) is 0 Å². The van der Waals surface area contributed by atoms with Gasteiger partial charge in [0.1, 0.15) is 5.75 Å². The number of alkyl halides is 2. The number of hydrogen-bond acceptors (Lipinski definition) is 5. The summed E-state index contributed by atoms with van der Waals surface area (Å²) in [6.07, 6.45) is 1.48. The molecule has 2 heterocycles. The zero-order chi connectivity index (χ0) is 22.5. The maximum atomic E-state index is 12.8. The number of guanidine groups is 1. The first-order valence-corrected chi connectivity index (χ1v) is 10.2. The van der Waals surface area contributed by atoms with Crippen LogP contribution in [0.4, 0.5) is 14.5 Å². The molecule has 8 nitrogen and oxygen atoms in total. The van der Waals surface area contributed by atoms with E-state index in [4.69, 9.17) is 9.47 Å². The normalized spacial score (nSPS) is 15.4. The minimum absolute atomic E-state index is 0.0132. The summed E-state index contributed by atoms with van der Waals surface area (Å²) in [6, 6.07) is 10.8. The van der Waals surface area contributed by atoms with Crippen molar-refractivity contribution < 1.29 is 27.8 Å². The molecule has 0 saturated carbocycles. The van der Waals surface area contributed by atoms with Gasteiger partial charge in [-0.1, -0.05) is 12.1 Å². The number of anilines is 1. The summed E-state index contributed by atoms with van der Waals surface area (Å²) in [6.45, 7) is -1.48. The minimum Gasteiger partial charge on any atom is -0.454 e. The van der Waals surface area contributed by atoms with Crippen molar-refractivity contribution in [2.45, 2.75) is 32.5 Å². The second kappa shape index (κ2) is 9.71. The third kappa shape index (κ3) is 5.01. The number of ether oxygens (including phenoxy) is 3. The number of benzene rings is 2. The van der Waals surface area contributed by atoms with Gasteiger partial charge < -0.3 is 29.7 Å². The lowest BCUT2D eigenvalue weighted by Gasteiger charge is -2.17. The summed E-state index contributed by atoms with van der Waals surface area (Å²) < 4.78 is 40.8. The van der Waals surface area contributed by atoms with Gasteiger partial charge in [0, 0.05) is 50.4 Å². The molecule has 2 aromatic carbocycles. The van der Waals surface area contributed by atoms with E-state index in [1.807, 2.05) is 24.3 Å². The molecule has 2 aliphatic heterocycles. The largest absolute Gasteiger partial charge is 0.454 e. The molecule has 10 heteroatoms. The zero-order valence-corrected chi connectivity index (χ0v) is 17.6. The lowest BCUT2D eigenvalue weighted by atomic mass is 10.1. The number of aliphatic imine (C=N–C) groups is 1. The summed E-state index contributed by atoms with van der Waals surface area (Å²) in [5, 5.41) is 6.27. The Kier molecular flexibility index (Phi) is 6.58. The molecule has 0 aliphatic carbocycles. The van der Waals surface area contributed by atoms with Crippen molar-refractivity contribution in [2.75, 3.05) is 25.3 Å². The maximum absolute atomic E-state index is 12.8. The van der Waals surface area contributed by atoms with Crippen molar-refractivity contribution in [3.05, 3.63) is 47.5 Å². The average Bonchev–Trinajstić information content (AvgIpc) is 3.42. The molecule has 4 rings (SSSR count). The number of fused-ring (bicyclic) bond motifs is 1. The molecule has 2 aliphatic rings. The molecule has 0 atom stereocenters. The van der Waals surface area contributed by atoms with Crippen LogP contribution < -0.4 is 29.7 Å². The van der Waals surface area contributed by atoms with Crippen LogP contribution in [0.15, 0.2) is 41.4 Å². The van der Waals surface area contributed by atoms with E-state index in [9.17, 15) is 13.6 Å². The fraction of sp³-hybridized carbons (Fsp3) is 0.364. The van der Waals surface area contributed by atoms with E-state index in [1.165, 1.54) is 6.07 Å². The van der Waals surface area contributed by atoms with Crippen LogP contribution in [0.1, 0.15) is 24.0 Å². The molecule has 1 saturated heterocycles. The van der Waals surface area contributed by atoms with Crippen LogP contribution in [-0.4, -0.2) is 38.9 Å². The fourth-order valence-electron chi connectivity index (χ4n) is 3.61. The molecule has 32 heavy (non-hydrogen) atoms. The highest BCUT2D eigenvalue weighted by Gasteiger charge is 2.22. The highest BCUT2D eigenvalue weighted by Crippen LogP contribution is 2.38. The van der Waals surface area contributed by atoms with Crippen molar-refractivity contribution in [1.82, 2.24) is 10.6 Å². The Labute approximate surface area is 184 Å². The minimum atomic E-state index is -2.95. The zero-order valence-electron chi connectivity index (χ0n) is 17.6. The second-order valence-electron chi connectivity index (χ2n) is 7.29. The molecule has 1 fully saturated rings. The van der Waals surface area contributed by atoms with Crippen molar-refractivity contribution in [3.63, 3.8) is 0 Å². The number of amides is 1. The molecule has 0 radical (unpaired) electrons. The quantitative estimate of drug-likeness (QED) is 0.503. The predicted molar refractivity (Wildman–Crippen MR) is 114 cm³/mol. The van der Waals surface area contributed by atoms with Gasteiger partial charge in [-0.15, -0.1) is 0 Å². The fourth-order valence-corrected chi connectivity index (χ4v) is 3.61. The number of rotatable bonds is 7. The van der Waals surface area contributed by atoms with E-state index in [0.717, 1.165) is 24.2 Å². The third-order valence-electron chi connectivity index (χ3n) is 5.22. The average molecular weight is 446 g/mol. The standard InChI is InChI=1S/C22H24F2N4O4/c1-25-22(26-11-14-4-6-16(7-5-14)28-8-2-3-20(28)29)27-12-15-9-18-19(31-13-30-18)10-17(15)32-21(23)24/h4-7,9-10,21H,2-3,8,11-13H2,1H3,(H2,25,26,27). The number of carbonyl (C=O) groups is 1. The summed E-state index contributed by atoms with van der Waals surface area (Å²) in [5.74, 6) is 1.50. The molecule has 0 aromatic heterocycles. The van der Waals surface area contributed by atoms with E-state index in [0.29, 0.717) is 36.0 Å². The topological polar surface area (TPSA) is 84.4 Å². The van der Waals surface area contributed by atoms with Gasteiger partial charge in [-0.05, 0) is 30.2 Å². The number of nitrogens with zero attached hydrogens (tertiary/aromatic N) is 2. The summed E-state index contributed by atoms with van der Waals surface area (Å²) in [7, 11) is 1.62. The molecule has 2 aromatic rings. The van der Waals surface area contributed by atoms with Crippen molar-refractivity contribution in [3.8, 4) is 17.2 Å². The van der Waals surface area contributed by atoms with Crippen LogP contribution in [0.2, 0.25) is 0 Å². The van der Waals surface area contributed by atoms with Crippen molar-refractivity contribution in [2.24, 2.45) is 4.99 Å². The molecule has 0 bridgehead atoms. The monoisotopic (exact) mass is 446 g/mol. The van der Waals surface area contributed by atoms with Gasteiger partial charge in [-0.25, -0.2) is 0 Å². The van der Waals surface area contributed by atoms with Gasteiger partial charge in [0.05, 0.1) is 0 Å². The van der Waals surface area contributed by atoms with E-state index < -0.39 is 6.61 Å². The van der Waals surface area contributed by atoms with Gasteiger partial charge in [-0.3, -0.25) is 9.79 Å². The van der Waals surface area contributed by atoms with E-state index in [2.05, 4.69) is 20.4 Å². The first kappa shape index (κ1) is 21.7. The van der Waals surface area contributed by atoms with Crippen LogP contribution in [0, 0.1) is 0 Å². The first-order valence-electron chi connectivity index (χ1n) is 10.2. The Balaban J connectivity index is 1.35. The number of carbonyl (C=O) groups excluding carboxylic acids is 1. The number of hydrogen-bond donors (Lipinski definition) is 2. The third-order valence-corrected chi connectivity index (χ3v) is 5.22. The van der Waals surface area contributed by atoms with Gasteiger partial charge in [0.15, 0.2) is 17.5 Å². The Bertz CT molecular complexity index is 998. The smallest absolute Gasteiger partial charge is 0.387 e. The number of nitrogens with one attached hydrogen (secondary N) is 2. The molecule has 0 unspecified atom stereocenters. The van der Waals surface area contributed by atoms with Gasteiger partial charge in [0.25, 0.3) is 0 Å². The Morgan fingerprint density at radius 3 is 2.53 bits per heavy atom. The molecule has 2 N–H and O–H groups in total. The number of halogens is 2. The van der Waals surface area contributed by atoms with Crippen LogP contribution >= 0.6 is 0 Å². The maximum Gasteiger partial charge on any atom is 0.387 e. The van der Waals surface area contributed by atoms with E-state index >= 15 is 0 Å². The van der Waals surface area contributed by atoms with E-state index in [1.54, 1.807) is 18.0 Å². The second-order valence-corrected chi connectivity index (χ2v) is 7.29. The molecule has 1 amide bonds. The molecule has 170 valence electrons. The summed E-state index contributed by atoms with van der Waals surface area (Å²) in [4.78, 5) is 17.8. The molecule has 0 spiro atoms.